The van der Waals surface area contributed by atoms with Crippen molar-refractivity contribution in [3.63, 3.8) is 0 Å². The molecule has 0 amide bonds. The van der Waals surface area contributed by atoms with Crippen molar-refractivity contribution in [2.24, 2.45) is 16.7 Å². The normalized spacial score (nSPS) is 29.1. The lowest BCUT2D eigenvalue weighted by molar-refractivity contribution is -0.125. The molecule has 1 aromatic carbocycles. The molecular weight excluding hydrogens is 348 g/mol. The van der Waals surface area contributed by atoms with Crippen molar-refractivity contribution >= 4 is 22.0 Å². The first-order valence-corrected chi connectivity index (χ1v) is 10.8. The Morgan fingerprint density at radius 3 is 2.42 bits per heavy atom. The molecule has 142 valence electrons. The van der Waals surface area contributed by atoms with E-state index in [0.717, 1.165) is 17.6 Å². The van der Waals surface area contributed by atoms with Crippen molar-refractivity contribution < 1.29 is 17.4 Å². The van der Waals surface area contributed by atoms with Crippen LogP contribution in [0, 0.1) is 23.7 Å². The monoisotopic (exact) mass is 376 g/mol. The molecule has 0 spiro atoms. The van der Waals surface area contributed by atoms with E-state index in [0.29, 0.717) is 6.42 Å². The van der Waals surface area contributed by atoms with Gasteiger partial charge in [0, 0.05) is 5.57 Å². The first-order chi connectivity index (χ1) is 12.0. The van der Waals surface area contributed by atoms with Gasteiger partial charge in [-0.1, -0.05) is 43.7 Å². The molecule has 2 aliphatic rings. The standard InChI is InChI=1S/C21H28O4S/c1-14(2)25-26(23,24)13-21-11-10-18(20(21,4)5)17(19(21)22)12-16-8-6-15(3)7-9-16/h6-9,12,14,18H,10-11,13H2,1-5H3/b17-12+. The van der Waals surface area contributed by atoms with E-state index in [9.17, 15) is 13.2 Å². The Morgan fingerprint density at radius 2 is 1.85 bits per heavy atom. The minimum absolute atomic E-state index is 0.0183. The Kier molecular flexibility index (Phi) is 4.68. The molecule has 0 heterocycles. The number of allylic oxidation sites excluding steroid dienone is 1. The molecular formula is C21H28O4S. The fourth-order valence-electron chi connectivity index (χ4n) is 4.75. The summed E-state index contributed by atoms with van der Waals surface area (Å²) in [6, 6.07) is 8.04. The highest BCUT2D eigenvalue weighted by Gasteiger charge is 2.67. The molecule has 4 nitrogen and oxygen atoms in total. The number of Topliss-reactive ketones (excluding diaryl/α,β-unsaturated/α-hetero) is 1. The van der Waals surface area contributed by atoms with Crippen LogP contribution in [0.1, 0.15) is 51.7 Å². The zero-order valence-corrected chi connectivity index (χ0v) is 17.0. The summed E-state index contributed by atoms with van der Waals surface area (Å²) >= 11 is 0. The van der Waals surface area contributed by atoms with Gasteiger partial charge in [-0.25, -0.2) is 0 Å². The zero-order chi connectivity index (χ0) is 19.3. The number of hydrogen-bond acceptors (Lipinski definition) is 4. The van der Waals surface area contributed by atoms with Crippen LogP contribution in [-0.2, 0) is 19.1 Å². The van der Waals surface area contributed by atoms with Gasteiger partial charge in [-0.05, 0) is 56.6 Å². The van der Waals surface area contributed by atoms with E-state index in [1.165, 1.54) is 5.56 Å². The summed E-state index contributed by atoms with van der Waals surface area (Å²) in [7, 11) is -3.76. The van der Waals surface area contributed by atoms with Gasteiger partial charge in [0.05, 0.1) is 17.3 Å². The maximum absolute atomic E-state index is 13.4. The van der Waals surface area contributed by atoms with Crippen LogP contribution >= 0.6 is 0 Å². The van der Waals surface area contributed by atoms with Crippen LogP contribution in [0.2, 0.25) is 0 Å². The Bertz CT molecular complexity index is 847. The number of aryl methyl sites for hydroxylation is 1. The molecule has 0 aromatic heterocycles. The number of carbonyl (C=O) groups excluding carboxylic acids is 1. The van der Waals surface area contributed by atoms with Crippen molar-refractivity contribution in [1.29, 1.82) is 0 Å². The van der Waals surface area contributed by atoms with Crippen LogP contribution < -0.4 is 0 Å². The fourth-order valence-corrected chi connectivity index (χ4v) is 6.66. The van der Waals surface area contributed by atoms with Crippen molar-refractivity contribution in [3.8, 4) is 0 Å². The first-order valence-electron chi connectivity index (χ1n) is 9.22. The third-order valence-corrected chi connectivity index (χ3v) is 7.72. The van der Waals surface area contributed by atoms with E-state index in [1.807, 2.05) is 51.1 Å². The maximum atomic E-state index is 13.4. The molecule has 2 unspecified atom stereocenters. The number of benzene rings is 1. The molecule has 5 heteroatoms. The predicted molar refractivity (Wildman–Crippen MR) is 103 cm³/mol. The summed E-state index contributed by atoms with van der Waals surface area (Å²) in [6.07, 6.45) is 2.98. The van der Waals surface area contributed by atoms with Gasteiger partial charge in [-0.2, -0.15) is 8.42 Å². The van der Waals surface area contributed by atoms with Gasteiger partial charge in [0.1, 0.15) is 0 Å². The largest absolute Gasteiger partial charge is 0.294 e. The quantitative estimate of drug-likeness (QED) is 0.572. The van der Waals surface area contributed by atoms with Gasteiger partial charge < -0.3 is 0 Å². The molecule has 2 saturated carbocycles. The molecule has 26 heavy (non-hydrogen) atoms. The minimum atomic E-state index is -3.76. The lowest BCUT2D eigenvalue weighted by atomic mass is 9.70. The molecule has 0 saturated heterocycles. The fraction of sp³-hybridized carbons (Fsp3) is 0.571. The van der Waals surface area contributed by atoms with Crippen LogP contribution in [-0.4, -0.2) is 26.1 Å². The number of rotatable bonds is 5. The average Bonchev–Trinajstić information content (AvgIpc) is 2.82. The van der Waals surface area contributed by atoms with Crippen molar-refractivity contribution in [1.82, 2.24) is 0 Å². The molecule has 0 radical (unpaired) electrons. The van der Waals surface area contributed by atoms with Crippen LogP contribution in [0.25, 0.3) is 6.08 Å². The molecule has 0 N–H and O–H groups in total. The first kappa shape index (κ1) is 19.3. The Hall–Kier alpha value is -1.46. The summed E-state index contributed by atoms with van der Waals surface area (Å²) in [5, 5.41) is 0. The molecule has 3 rings (SSSR count). The number of hydrogen-bond donors (Lipinski definition) is 0. The summed E-state index contributed by atoms with van der Waals surface area (Å²) in [5.74, 6) is -0.160. The Labute approximate surface area is 156 Å². The Balaban J connectivity index is 2.00. The molecule has 2 aliphatic carbocycles. The van der Waals surface area contributed by atoms with Crippen LogP contribution in [0.4, 0.5) is 0 Å². The third kappa shape index (κ3) is 3.05. The van der Waals surface area contributed by atoms with Gasteiger partial charge in [0.25, 0.3) is 10.1 Å². The van der Waals surface area contributed by atoms with E-state index in [4.69, 9.17) is 4.18 Å². The number of fused-ring (bicyclic) bond motifs is 2. The minimum Gasteiger partial charge on any atom is -0.294 e. The maximum Gasteiger partial charge on any atom is 0.268 e. The van der Waals surface area contributed by atoms with Crippen LogP contribution in [0.15, 0.2) is 29.8 Å². The molecule has 2 atom stereocenters. The molecule has 0 aliphatic heterocycles. The van der Waals surface area contributed by atoms with E-state index in [-0.39, 0.29) is 17.5 Å². The smallest absolute Gasteiger partial charge is 0.268 e. The second-order valence-corrected chi connectivity index (χ2v) is 10.2. The van der Waals surface area contributed by atoms with Crippen LogP contribution in [0.3, 0.4) is 0 Å². The van der Waals surface area contributed by atoms with Crippen molar-refractivity contribution in [2.45, 2.75) is 53.6 Å². The van der Waals surface area contributed by atoms with E-state index < -0.39 is 27.1 Å². The molecule has 2 fully saturated rings. The lowest BCUT2D eigenvalue weighted by Crippen LogP contribution is -2.43. The summed E-state index contributed by atoms with van der Waals surface area (Å²) in [6.45, 7) is 9.47. The third-order valence-electron chi connectivity index (χ3n) is 6.20. The number of carbonyl (C=O) groups is 1. The SMILES string of the molecule is Cc1ccc(/C=C2/C(=O)C3(CS(=O)(=O)OC(C)C)CCC2C3(C)C)cc1. The topological polar surface area (TPSA) is 60.4 Å². The molecule has 2 bridgehead atoms. The highest BCUT2D eigenvalue weighted by Crippen LogP contribution is 2.66. The summed E-state index contributed by atoms with van der Waals surface area (Å²) in [5.41, 5.74) is 1.64. The van der Waals surface area contributed by atoms with Gasteiger partial charge in [0.15, 0.2) is 5.78 Å². The zero-order valence-electron chi connectivity index (χ0n) is 16.2. The second kappa shape index (κ2) is 6.31. The second-order valence-electron chi connectivity index (χ2n) is 8.58. The van der Waals surface area contributed by atoms with Gasteiger partial charge in [-0.3, -0.25) is 8.98 Å². The highest BCUT2D eigenvalue weighted by molar-refractivity contribution is 7.86. The van der Waals surface area contributed by atoms with Crippen molar-refractivity contribution in [3.05, 3.63) is 41.0 Å². The van der Waals surface area contributed by atoms with Gasteiger partial charge in [-0.15, -0.1) is 0 Å². The predicted octanol–water partition coefficient (Wildman–Crippen LogP) is 4.14. The average molecular weight is 377 g/mol. The molecule has 1 aromatic rings. The van der Waals surface area contributed by atoms with E-state index in [2.05, 4.69) is 0 Å². The summed E-state index contributed by atoms with van der Waals surface area (Å²) in [4.78, 5) is 13.4. The highest BCUT2D eigenvalue weighted by atomic mass is 32.2. The number of ketones is 1. The van der Waals surface area contributed by atoms with Crippen LogP contribution in [0.5, 0.6) is 0 Å². The van der Waals surface area contributed by atoms with Crippen molar-refractivity contribution in [2.75, 3.05) is 5.75 Å². The summed E-state index contributed by atoms with van der Waals surface area (Å²) < 4.78 is 30.2. The van der Waals surface area contributed by atoms with E-state index in [1.54, 1.807) is 13.8 Å². The van der Waals surface area contributed by atoms with E-state index >= 15 is 0 Å². The van der Waals surface area contributed by atoms with Gasteiger partial charge >= 0.3 is 0 Å². The van der Waals surface area contributed by atoms with Gasteiger partial charge in [0.2, 0.25) is 0 Å². The lowest BCUT2D eigenvalue weighted by Gasteiger charge is -2.35. The Morgan fingerprint density at radius 1 is 1.23 bits per heavy atom.